The third kappa shape index (κ3) is 4.25. The van der Waals surface area contributed by atoms with Crippen LogP contribution in [0.2, 0.25) is 0 Å². The quantitative estimate of drug-likeness (QED) is 0.461. The number of carbonyl (C=O) groups excluding carboxylic acids is 2. The molecular formula is C23H23N5O2. The van der Waals surface area contributed by atoms with E-state index in [0.29, 0.717) is 17.9 Å². The normalized spacial score (nSPS) is 10.9. The average molecular weight is 401 g/mol. The highest BCUT2D eigenvalue weighted by Gasteiger charge is 2.12. The lowest BCUT2D eigenvalue weighted by Gasteiger charge is -2.08. The minimum atomic E-state index is -0.170. The molecule has 0 unspecified atom stereocenters. The molecule has 4 rings (SSSR count). The minimum absolute atomic E-state index is 0.146. The van der Waals surface area contributed by atoms with Crippen LogP contribution in [0.5, 0.6) is 0 Å². The van der Waals surface area contributed by atoms with Crippen molar-refractivity contribution >= 4 is 28.4 Å². The first-order valence-corrected chi connectivity index (χ1v) is 9.73. The molecule has 4 aromatic rings. The van der Waals surface area contributed by atoms with E-state index in [1.807, 2.05) is 42.5 Å². The SMILES string of the molecule is Cc1ccc2[nH]c(C(=O)NCc3cccc(NC(=O)Cn4cccn4)c3)cc2c1C. The Hall–Kier alpha value is -3.87. The summed E-state index contributed by atoms with van der Waals surface area (Å²) in [5.74, 6) is -0.333. The Bertz CT molecular complexity index is 1210. The topological polar surface area (TPSA) is 91.8 Å². The van der Waals surface area contributed by atoms with Crippen LogP contribution in [0.25, 0.3) is 10.9 Å². The van der Waals surface area contributed by atoms with Gasteiger partial charge in [-0.2, -0.15) is 5.10 Å². The number of amides is 2. The molecule has 30 heavy (non-hydrogen) atoms. The van der Waals surface area contributed by atoms with Crippen LogP contribution < -0.4 is 10.6 Å². The van der Waals surface area contributed by atoms with Gasteiger partial charge in [0.1, 0.15) is 12.2 Å². The summed E-state index contributed by atoms with van der Waals surface area (Å²) in [6.45, 7) is 4.62. The molecule has 0 spiro atoms. The number of fused-ring (bicyclic) bond motifs is 1. The molecule has 2 aromatic carbocycles. The number of nitrogens with zero attached hydrogens (tertiary/aromatic N) is 2. The maximum atomic E-state index is 12.6. The van der Waals surface area contributed by atoms with Gasteiger partial charge in [0.15, 0.2) is 0 Å². The number of carbonyl (C=O) groups is 2. The summed E-state index contributed by atoms with van der Waals surface area (Å²) < 4.78 is 1.56. The molecule has 2 aromatic heterocycles. The van der Waals surface area contributed by atoms with Gasteiger partial charge in [0.05, 0.1) is 0 Å². The van der Waals surface area contributed by atoms with Crippen molar-refractivity contribution in [3.8, 4) is 0 Å². The number of hydrogen-bond acceptors (Lipinski definition) is 3. The number of anilines is 1. The number of rotatable bonds is 6. The van der Waals surface area contributed by atoms with Crippen LogP contribution in [-0.4, -0.2) is 26.6 Å². The molecular weight excluding hydrogens is 378 g/mol. The number of hydrogen-bond donors (Lipinski definition) is 3. The first-order chi connectivity index (χ1) is 14.5. The first kappa shape index (κ1) is 19.4. The maximum Gasteiger partial charge on any atom is 0.267 e. The standard InChI is InChI=1S/C23H23N5O2/c1-15-7-8-20-19(16(15)2)12-21(27-20)23(30)24-13-17-5-3-6-18(11-17)26-22(29)14-28-10-4-9-25-28/h3-12,27H,13-14H2,1-2H3,(H,24,30)(H,26,29). The molecule has 0 fully saturated rings. The van der Waals surface area contributed by atoms with Gasteiger partial charge in [-0.3, -0.25) is 14.3 Å². The van der Waals surface area contributed by atoms with Crippen molar-refractivity contribution in [2.75, 3.05) is 5.32 Å². The molecule has 0 aliphatic rings. The third-order valence-electron chi connectivity index (χ3n) is 5.12. The minimum Gasteiger partial charge on any atom is -0.351 e. The lowest BCUT2D eigenvalue weighted by molar-refractivity contribution is -0.116. The molecule has 7 nitrogen and oxygen atoms in total. The van der Waals surface area contributed by atoms with E-state index in [-0.39, 0.29) is 18.4 Å². The highest BCUT2D eigenvalue weighted by Crippen LogP contribution is 2.22. The Morgan fingerprint density at radius 2 is 1.97 bits per heavy atom. The second kappa shape index (κ2) is 8.24. The van der Waals surface area contributed by atoms with Crippen LogP contribution in [0, 0.1) is 13.8 Å². The zero-order chi connectivity index (χ0) is 21.1. The fourth-order valence-electron chi connectivity index (χ4n) is 3.36. The van der Waals surface area contributed by atoms with E-state index in [1.165, 1.54) is 11.1 Å². The van der Waals surface area contributed by atoms with E-state index in [9.17, 15) is 9.59 Å². The molecule has 3 N–H and O–H groups in total. The van der Waals surface area contributed by atoms with E-state index in [2.05, 4.69) is 34.6 Å². The molecule has 0 saturated carbocycles. The summed E-state index contributed by atoms with van der Waals surface area (Å²) >= 11 is 0. The van der Waals surface area contributed by atoms with E-state index < -0.39 is 0 Å². The molecule has 0 saturated heterocycles. The van der Waals surface area contributed by atoms with Crippen LogP contribution in [0.15, 0.2) is 60.9 Å². The smallest absolute Gasteiger partial charge is 0.267 e. The van der Waals surface area contributed by atoms with Gasteiger partial charge in [-0.15, -0.1) is 0 Å². The van der Waals surface area contributed by atoms with Gasteiger partial charge in [-0.1, -0.05) is 18.2 Å². The Balaban J connectivity index is 1.39. The van der Waals surface area contributed by atoms with Crippen LogP contribution >= 0.6 is 0 Å². The Morgan fingerprint density at radius 1 is 1.10 bits per heavy atom. The summed E-state index contributed by atoms with van der Waals surface area (Å²) in [5.41, 5.74) is 5.41. The predicted octanol–water partition coefficient (Wildman–Crippen LogP) is 3.55. The van der Waals surface area contributed by atoms with Crippen LogP contribution in [0.4, 0.5) is 5.69 Å². The van der Waals surface area contributed by atoms with Gasteiger partial charge in [0, 0.05) is 35.5 Å². The summed E-state index contributed by atoms with van der Waals surface area (Å²) in [7, 11) is 0. The van der Waals surface area contributed by atoms with Crippen molar-refractivity contribution in [2.24, 2.45) is 0 Å². The van der Waals surface area contributed by atoms with Crippen molar-refractivity contribution in [3.63, 3.8) is 0 Å². The highest BCUT2D eigenvalue weighted by atomic mass is 16.2. The zero-order valence-corrected chi connectivity index (χ0v) is 16.9. The Morgan fingerprint density at radius 3 is 2.77 bits per heavy atom. The second-order valence-corrected chi connectivity index (χ2v) is 7.29. The summed E-state index contributed by atoms with van der Waals surface area (Å²) in [6.07, 6.45) is 3.37. The summed E-state index contributed by atoms with van der Waals surface area (Å²) in [4.78, 5) is 27.9. The van der Waals surface area contributed by atoms with E-state index in [1.54, 1.807) is 23.1 Å². The monoisotopic (exact) mass is 401 g/mol. The lowest BCUT2D eigenvalue weighted by atomic mass is 10.1. The molecule has 152 valence electrons. The van der Waals surface area contributed by atoms with Crippen molar-refractivity contribution < 1.29 is 9.59 Å². The summed E-state index contributed by atoms with van der Waals surface area (Å²) in [6, 6.07) is 15.1. The molecule has 0 aliphatic heterocycles. The van der Waals surface area contributed by atoms with Crippen LogP contribution in [-0.2, 0) is 17.9 Å². The molecule has 0 radical (unpaired) electrons. The maximum absolute atomic E-state index is 12.6. The van der Waals surface area contributed by atoms with Crippen molar-refractivity contribution in [1.29, 1.82) is 0 Å². The highest BCUT2D eigenvalue weighted by molar-refractivity contribution is 5.99. The van der Waals surface area contributed by atoms with Gasteiger partial charge >= 0.3 is 0 Å². The van der Waals surface area contributed by atoms with Gasteiger partial charge in [0.2, 0.25) is 5.91 Å². The Labute approximate surface area is 174 Å². The molecule has 2 amide bonds. The lowest BCUT2D eigenvalue weighted by Crippen LogP contribution is -2.23. The third-order valence-corrected chi connectivity index (χ3v) is 5.12. The van der Waals surface area contributed by atoms with E-state index in [0.717, 1.165) is 16.5 Å². The average Bonchev–Trinajstić information content (AvgIpc) is 3.39. The predicted molar refractivity (Wildman–Crippen MR) is 116 cm³/mol. The van der Waals surface area contributed by atoms with Gasteiger partial charge in [-0.05, 0) is 60.9 Å². The largest absolute Gasteiger partial charge is 0.351 e. The van der Waals surface area contributed by atoms with Gasteiger partial charge in [0.25, 0.3) is 5.91 Å². The van der Waals surface area contributed by atoms with Crippen LogP contribution in [0.1, 0.15) is 27.2 Å². The van der Waals surface area contributed by atoms with Gasteiger partial charge < -0.3 is 15.6 Å². The van der Waals surface area contributed by atoms with Crippen molar-refractivity contribution in [1.82, 2.24) is 20.1 Å². The zero-order valence-electron chi connectivity index (χ0n) is 16.9. The van der Waals surface area contributed by atoms with Gasteiger partial charge in [-0.25, -0.2) is 0 Å². The Kier molecular flexibility index (Phi) is 5.34. The molecule has 2 heterocycles. The number of benzene rings is 2. The van der Waals surface area contributed by atoms with E-state index in [4.69, 9.17) is 0 Å². The number of aromatic nitrogens is 3. The number of aryl methyl sites for hydroxylation is 2. The number of aromatic amines is 1. The second-order valence-electron chi connectivity index (χ2n) is 7.29. The van der Waals surface area contributed by atoms with E-state index >= 15 is 0 Å². The molecule has 0 bridgehead atoms. The molecule has 0 atom stereocenters. The molecule has 7 heteroatoms. The molecule has 0 aliphatic carbocycles. The van der Waals surface area contributed by atoms with Crippen molar-refractivity contribution in [2.45, 2.75) is 26.9 Å². The fourth-order valence-corrected chi connectivity index (χ4v) is 3.36. The van der Waals surface area contributed by atoms with Crippen molar-refractivity contribution in [3.05, 3.63) is 83.3 Å². The van der Waals surface area contributed by atoms with Crippen LogP contribution in [0.3, 0.4) is 0 Å². The number of H-pyrrole nitrogens is 1. The first-order valence-electron chi connectivity index (χ1n) is 9.73. The number of nitrogens with one attached hydrogen (secondary N) is 3. The summed E-state index contributed by atoms with van der Waals surface area (Å²) in [5, 5.41) is 10.9. The fraction of sp³-hybridized carbons (Fsp3) is 0.174.